The molecule has 0 unspecified atom stereocenters. The minimum absolute atomic E-state index is 0.00874. The molecule has 3 rings (SSSR count). The molecule has 46 heavy (non-hydrogen) atoms. The number of hydrogen-bond donors (Lipinski definition) is 4. The average molecular weight is 642 g/mol. The second-order valence-electron chi connectivity index (χ2n) is 10.8. The third-order valence-electron chi connectivity index (χ3n) is 5.91. The summed E-state index contributed by atoms with van der Waals surface area (Å²) in [6, 6.07) is 9.14. The molecule has 0 saturated carbocycles. The summed E-state index contributed by atoms with van der Waals surface area (Å²) in [4.78, 5) is 75.7. The predicted octanol–water partition coefficient (Wildman–Crippen LogP) is 1.58. The van der Waals surface area contributed by atoms with Crippen LogP contribution in [0.15, 0.2) is 36.7 Å². The highest BCUT2D eigenvalue weighted by Gasteiger charge is 2.22. The third kappa shape index (κ3) is 11.5. The molecule has 0 fully saturated rings. The quantitative estimate of drug-likeness (QED) is 0.146. The average Bonchev–Trinajstić information content (AvgIpc) is 3.37. The summed E-state index contributed by atoms with van der Waals surface area (Å²) < 4.78 is 16.7. The van der Waals surface area contributed by atoms with Crippen molar-refractivity contribution in [2.45, 2.75) is 52.9 Å². The lowest BCUT2D eigenvalue weighted by Gasteiger charge is -2.23. The Kier molecular flexibility index (Phi) is 12.6. The van der Waals surface area contributed by atoms with E-state index in [4.69, 9.17) is 19.9 Å². The Hall–Kier alpha value is -5.48. The lowest BCUT2D eigenvalue weighted by molar-refractivity contribution is -0.149. The van der Waals surface area contributed by atoms with Gasteiger partial charge in [0.05, 0.1) is 12.9 Å². The molecule has 2 heterocycles. The molecule has 1 aromatic carbocycles. The highest BCUT2D eigenvalue weighted by molar-refractivity contribution is 5.97. The van der Waals surface area contributed by atoms with Crippen molar-refractivity contribution < 1.29 is 38.2 Å². The molecule has 0 aliphatic heterocycles. The SMILES string of the molecule is CCOC(=O)CN(CCNC(=O)OC(C)(C)C)C(=O)Cn1cnc2c(NC(=O)CCNC(=O)OCc3ccccc3)nc(N)nc21. The fraction of sp³-hybridized carbons (Fsp3) is 0.448. The number of fused-ring (bicyclic) bond motifs is 1. The number of amides is 4. The standard InChI is InChI=1S/C29H39N9O8/c1-5-44-22(41)16-37(14-13-32-28(43)46-29(2,3)4)21(40)15-38-18-33-23-24(35-26(30)36-25(23)38)34-20(39)11-12-31-27(42)45-17-19-9-7-6-8-10-19/h6-10,18H,5,11-17H2,1-4H3,(H,31,42)(H,32,43)(H3,30,34,35,36,39). The second-order valence-corrected chi connectivity index (χ2v) is 10.8. The zero-order valence-electron chi connectivity index (χ0n) is 26.2. The van der Waals surface area contributed by atoms with Crippen LogP contribution in [0.4, 0.5) is 21.4 Å². The summed E-state index contributed by atoms with van der Waals surface area (Å²) in [6.07, 6.45) is -0.132. The van der Waals surface area contributed by atoms with Crippen molar-refractivity contribution in [2.75, 3.05) is 43.8 Å². The van der Waals surface area contributed by atoms with Crippen molar-refractivity contribution in [3.05, 3.63) is 42.2 Å². The highest BCUT2D eigenvalue weighted by atomic mass is 16.6. The van der Waals surface area contributed by atoms with E-state index in [0.717, 1.165) is 5.56 Å². The molecule has 248 valence electrons. The minimum Gasteiger partial charge on any atom is -0.465 e. The van der Waals surface area contributed by atoms with Gasteiger partial charge in [-0.3, -0.25) is 14.4 Å². The monoisotopic (exact) mass is 641 g/mol. The molecule has 0 spiro atoms. The maximum atomic E-state index is 13.3. The predicted molar refractivity (Wildman–Crippen MR) is 165 cm³/mol. The molecule has 17 heteroatoms. The number of imidazole rings is 1. The van der Waals surface area contributed by atoms with Gasteiger partial charge in [0.15, 0.2) is 17.0 Å². The highest BCUT2D eigenvalue weighted by Crippen LogP contribution is 2.20. The lowest BCUT2D eigenvalue weighted by atomic mass is 10.2. The van der Waals surface area contributed by atoms with E-state index in [1.807, 2.05) is 30.3 Å². The van der Waals surface area contributed by atoms with Crippen LogP contribution >= 0.6 is 0 Å². The number of ether oxygens (including phenoxy) is 3. The first-order valence-corrected chi connectivity index (χ1v) is 14.5. The molecular weight excluding hydrogens is 602 g/mol. The van der Waals surface area contributed by atoms with Gasteiger partial charge in [-0.1, -0.05) is 30.3 Å². The summed E-state index contributed by atoms with van der Waals surface area (Å²) in [5.74, 6) is -1.81. The van der Waals surface area contributed by atoms with E-state index < -0.39 is 35.6 Å². The molecule has 17 nitrogen and oxygen atoms in total. The number of nitrogens with one attached hydrogen (secondary N) is 3. The fourth-order valence-electron chi connectivity index (χ4n) is 3.92. The van der Waals surface area contributed by atoms with Crippen molar-refractivity contribution >= 4 is 52.9 Å². The maximum absolute atomic E-state index is 13.3. The van der Waals surface area contributed by atoms with E-state index in [2.05, 4.69) is 30.9 Å². The maximum Gasteiger partial charge on any atom is 0.407 e. The number of nitrogens with two attached hydrogens (primary N) is 1. The number of carbonyl (C=O) groups is 5. The van der Waals surface area contributed by atoms with E-state index in [-0.39, 0.29) is 75.3 Å². The van der Waals surface area contributed by atoms with Crippen LogP contribution in [-0.4, -0.2) is 92.8 Å². The molecule has 3 aromatic rings. The molecule has 0 aliphatic rings. The summed E-state index contributed by atoms with van der Waals surface area (Å²) in [7, 11) is 0. The van der Waals surface area contributed by atoms with E-state index in [9.17, 15) is 24.0 Å². The first-order chi connectivity index (χ1) is 21.8. The zero-order valence-corrected chi connectivity index (χ0v) is 26.2. The Bertz CT molecular complexity index is 1520. The van der Waals surface area contributed by atoms with Crippen LogP contribution in [0.3, 0.4) is 0 Å². The number of benzene rings is 1. The van der Waals surface area contributed by atoms with Crippen molar-refractivity contribution in [1.82, 2.24) is 35.1 Å². The Morgan fingerprint density at radius 1 is 0.978 bits per heavy atom. The number of nitrogens with zero attached hydrogens (tertiary/aromatic N) is 5. The van der Waals surface area contributed by atoms with Crippen LogP contribution in [-0.2, 0) is 41.7 Å². The number of esters is 1. The number of anilines is 2. The topological polar surface area (TPSA) is 222 Å². The Labute approximate surface area is 265 Å². The molecule has 0 bridgehead atoms. The Morgan fingerprint density at radius 2 is 1.70 bits per heavy atom. The van der Waals surface area contributed by atoms with E-state index in [1.54, 1.807) is 27.7 Å². The van der Waals surface area contributed by atoms with Gasteiger partial charge in [-0.05, 0) is 33.3 Å². The van der Waals surface area contributed by atoms with Crippen LogP contribution in [0.5, 0.6) is 0 Å². The number of hydrogen-bond acceptors (Lipinski definition) is 12. The van der Waals surface area contributed by atoms with Gasteiger partial charge < -0.3 is 45.4 Å². The normalized spacial score (nSPS) is 11.0. The van der Waals surface area contributed by atoms with E-state index >= 15 is 0 Å². The molecule has 0 radical (unpaired) electrons. The molecule has 0 aliphatic carbocycles. The second kappa shape index (κ2) is 16.6. The summed E-state index contributed by atoms with van der Waals surface area (Å²) in [5, 5.41) is 7.65. The number of carbonyl (C=O) groups excluding carboxylic acids is 5. The number of aromatic nitrogens is 4. The Morgan fingerprint density at radius 3 is 2.39 bits per heavy atom. The first-order valence-electron chi connectivity index (χ1n) is 14.5. The van der Waals surface area contributed by atoms with Gasteiger partial charge >= 0.3 is 18.2 Å². The van der Waals surface area contributed by atoms with Gasteiger partial charge in [0.2, 0.25) is 17.8 Å². The number of alkyl carbamates (subject to hydrolysis) is 2. The first kappa shape index (κ1) is 35.0. The summed E-state index contributed by atoms with van der Waals surface area (Å²) >= 11 is 0. The van der Waals surface area contributed by atoms with Crippen molar-refractivity contribution in [2.24, 2.45) is 0 Å². The molecule has 5 N–H and O–H groups in total. The van der Waals surface area contributed by atoms with Crippen molar-refractivity contribution in [3.8, 4) is 0 Å². The molecule has 0 saturated heterocycles. The zero-order chi connectivity index (χ0) is 33.7. The van der Waals surface area contributed by atoms with E-state index in [1.165, 1.54) is 15.8 Å². The minimum atomic E-state index is -0.706. The number of nitrogen functional groups attached to an aromatic ring is 1. The van der Waals surface area contributed by atoms with Gasteiger partial charge in [-0.15, -0.1) is 0 Å². The summed E-state index contributed by atoms with van der Waals surface area (Å²) in [6.45, 7) is 6.33. The Balaban J connectivity index is 1.60. The fourth-order valence-corrected chi connectivity index (χ4v) is 3.92. The molecule has 4 amide bonds. The van der Waals surface area contributed by atoms with E-state index in [0.29, 0.717) is 0 Å². The van der Waals surface area contributed by atoms with Crippen LogP contribution in [0.2, 0.25) is 0 Å². The van der Waals surface area contributed by atoms with Crippen molar-refractivity contribution in [3.63, 3.8) is 0 Å². The largest absolute Gasteiger partial charge is 0.465 e. The van der Waals surface area contributed by atoms with Crippen LogP contribution in [0.25, 0.3) is 11.2 Å². The van der Waals surface area contributed by atoms with Gasteiger partial charge in [-0.2, -0.15) is 9.97 Å². The molecular formula is C29H39N9O8. The van der Waals surface area contributed by atoms with Gasteiger partial charge in [0.25, 0.3) is 0 Å². The molecule has 0 atom stereocenters. The smallest absolute Gasteiger partial charge is 0.407 e. The van der Waals surface area contributed by atoms with Crippen LogP contribution < -0.4 is 21.7 Å². The molecule has 2 aromatic heterocycles. The third-order valence-corrected chi connectivity index (χ3v) is 5.91. The van der Waals surface area contributed by atoms with Crippen molar-refractivity contribution in [1.29, 1.82) is 0 Å². The summed E-state index contributed by atoms with van der Waals surface area (Å²) in [5.41, 5.74) is 6.31. The van der Waals surface area contributed by atoms with Crippen LogP contribution in [0.1, 0.15) is 39.7 Å². The number of rotatable bonds is 14. The lowest BCUT2D eigenvalue weighted by Crippen LogP contribution is -2.44. The van der Waals surface area contributed by atoms with Gasteiger partial charge in [-0.25, -0.2) is 14.6 Å². The van der Waals surface area contributed by atoms with Crippen LogP contribution in [0, 0.1) is 0 Å². The van der Waals surface area contributed by atoms with Gasteiger partial charge in [0, 0.05) is 26.1 Å². The van der Waals surface area contributed by atoms with Gasteiger partial charge in [0.1, 0.15) is 25.3 Å².